The molecular formula is C19H22F5N3O3. The van der Waals surface area contributed by atoms with Gasteiger partial charge in [0.25, 0.3) is 0 Å². The molecule has 2 saturated heterocycles. The highest BCUT2D eigenvalue weighted by Gasteiger charge is 2.46. The Kier molecular flexibility index (Phi) is 6.49. The normalized spacial score (nSPS) is 23.2. The molecular weight excluding hydrogens is 413 g/mol. The Balaban J connectivity index is 1.74. The zero-order chi connectivity index (χ0) is 22.1. The van der Waals surface area contributed by atoms with Gasteiger partial charge in [0.2, 0.25) is 11.8 Å². The lowest BCUT2D eigenvalue weighted by Crippen LogP contribution is -2.69. The summed E-state index contributed by atoms with van der Waals surface area (Å²) in [5.74, 6) is -0.702. The van der Waals surface area contributed by atoms with Crippen molar-refractivity contribution in [2.75, 3.05) is 19.6 Å². The quantitative estimate of drug-likeness (QED) is 0.645. The molecule has 0 spiro atoms. The fraction of sp³-hybridized carbons (Fsp3) is 0.579. The number of rotatable bonds is 6. The Labute approximate surface area is 170 Å². The summed E-state index contributed by atoms with van der Waals surface area (Å²) in [5, 5.41) is 0. The van der Waals surface area contributed by atoms with E-state index in [1.165, 1.54) is 24.0 Å². The molecule has 2 unspecified atom stereocenters. The first-order valence-electron chi connectivity index (χ1n) is 9.49. The molecule has 2 aliphatic rings. The number of hydrogen-bond acceptors (Lipinski definition) is 4. The van der Waals surface area contributed by atoms with Crippen molar-refractivity contribution < 1.29 is 36.3 Å². The number of benzene rings is 1. The molecule has 2 fully saturated rings. The fourth-order valence-electron chi connectivity index (χ4n) is 3.87. The average molecular weight is 435 g/mol. The minimum Gasteiger partial charge on any atom is -0.435 e. The summed E-state index contributed by atoms with van der Waals surface area (Å²) in [6.45, 7) is -1.16. The molecule has 2 heterocycles. The van der Waals surface area contributed by atoms with Crippen LogP contribution in [0.4, 0.5) is 22.0 Å². The van der Waals surface area contributed by atoms with Crippen LogP contribution in [0.1, 0.15) is 25.3 Å². The topological polar surface area (TPSA) is 53.1 Å². The van der Waals surface area contributed by atoms with E-state index in [-0.39, 0.29) is 24.6 Å². The van der Waals surface area contributed by atoms with Crippen LogP contribution in [-0.4, -0.2) is 71.1 Å². The predicted molar refractivity (Wildman–Crippen MR) is 95.4 cm³/mol. The summed E-state index contributed by atoms with van der Waals surface area (Å²) in [4.78, 5) is 29.4. The first-order chi connectivity index (χ1) is 14.0. The summed E-state index contributed by atoms with van der Waals surface area (Å²) in [6.07, 6.45) is -5.87. The molecule has 11 heteroatoms. The van der Waals surface area contributed by atoms with Crippen LogP contribution in [0.2, 0.25) is 0 Å². The molecule has 1 aromatic rings. The lowest BCUT2D eigenvalue weighted by molar-refractivity contribution is -0.173. The van der Waals surface area contributed by atoms with Crippen LogP contribution in [0.25, 0.3) is 0 Å². The van der Waals surface area contributed by atoms with E-state index in [4.69, 9.17) is 0 Å². The third kappa shape index (κ3) is 5.18. The number of carbonyl (C=O) groups is 2. The van der Waals surface area contributed by atoms with Gasteiger partial charge in [-0.25, -0.2) is 0 Å². The molecule has 0 bridgehead atoms. The van der Waals surface area contributed by atoms with E-state index in [1.807, 2.05) is 4.90 Å². The number of ether oxygens (including phenoxy) is 1. The van der Waals surface area contributed by atoms with E-state index < -0.39 is 43.9 Å². The lowest BCUT2D eigenvalue weighted by Gasteiger charge is -2.51. The maximum atomic E-state index is 12.6. The summed E-state index contributed by atoms with van der Waals surface area (Å²) < 4.78 is 66.8. The van der Waals surface area contributed by atoms with Gasteiger partial charge in [0.1, 0.15) is 18.0 Å². The molecule has 2 aliphatic heterocycles. The smallest absolute Gasteiger partial charge is 0.390 e. The van der Waals surface area contributed by atoms with Gasteiger partial charge < -0.3 is 14.5 Å². The Morgan fingerprint density at radius 1 is 1.17 bits per heavy atom. The van der Waals surface area contributed by atoms with Gasteiger partial charge in [-0.15, -0.1) is 0 Å². The predicted octanol–water partition coefficient (Wildman–Crippen LogP) is 2.83. The van der Waals surface area contributed by atoms with Crippen molar-refractivity contribution in [2.24, 2.45) is 0 Å². The van der Waals surface area contributed by atoms with Crippen molar-refractivity contribution in [3.05, 3.63) is 29.8 Å². The molecule has 30 heavy (non-hydrogen) atoms. The van der Waals surface area contributed by atoms with Gasteiger partial charge in [-0.05, 0) is 24.6 Å². The second-order valence-corrected chi connectivity index (χ2v) is 7.35. The van der Waals surface area contributed by atoms with Crippen LogP contribution in [0, 0.1) is 0 Å². The van der Waals surface area contributed by atoms with Gasteiger partial charge in [0, 0.05) is 26.1 Å². The van der Waals surface area contributed by atoms with Crippen LogP contribution < -0.4 is 4.74 Å². The van der Waals surface area contributed by atoms with Crippen molar-refractivity contribution >= 4 is 11.8 Å². The summed E-state index contributed by atoms with van der Waals surface area (Å²) >= 11 is 0. The van der Waals surface area contributed by atoms with Gasteiger partial charge in [0.05, 0.1) is 13.0 Å². The molecule has 1 aromatic carbocycles. The number of nitrogens with zero attached hydrogens (tertiary/aromatic N) is 3. The van der Waals surface area contributed by atoms with Gasteiger partial charge in [0.15, 0.2) is 0 Å². The molecule has 0 aromatic heterocycles. The van der Waals surface area contributed by atoms with Crippen LogP contribution >= 0.6 is 0 Å². The van der Waals surface area contributed by atoms with Gasteiger partial charge >= 0.3 is 12.8 Å². The zero-order valence-electron chi connectivity index (χ0n) is 16.2. The number of hydrogen-bond donors (Lipinski definition) is 0. The highest BCUT2D eigenvalue weighted by molar-refractivity contribution is 5.89. The molecule has 0 radical (unpaired) electrons. The standard InChI is InChI=1S/C19H22F5N3O3/c1-12-17(29)26(9-7-19(22,23)24)11-15-25(8-6-16(28)27(12)15)10-13-2-4-14(5-3-13)30-18(20)21/h2-5,12,15,18H,6-11H2,1H3. The number of fused-ring (bicyclic) bond motifs is 1. The van der Waals surface area contributed by atoms with Crippen molar-refractivity contribution in [3.63, 3.8) is 0 Å². The summed E-state index contributed by atoms with van der Waals surface area (Å²) in [7, 11) is 0. The highest BCUT2D eigenvalue weighted by Crippen LogP contribution is 2.28. The molecule has 166 valence electrons. The van der Waals surface area contributed by atoms with E-state index in [2.05, 4.69) is 4.74 Å². The Morgan fingerprint density at radius 3 is 2.43 bits per heavy atom. The molecule has 3 rings (SSSR count). The first-order valence-corrected chi connectivity index (χ1v) is 9.49. The average Bonchev–Trinajstić information content (AvgIpc) is 2.65. The lowest BCUT2D eigenvalue weighted by atomic mass is 10.0. The minimum absolute atomic E-state index is 0.0133. The van der Waals surface area contributed by atoms with Crippen LogP contribution in [0.5, 0.6) is 5.75 Å². The second-order valence-electron chi connectivity index (χ2n) is 7.35. The Hall–Kier alpha value is -2.43. The number of carbonyl (C=O) groups excluding carboxylic acids is 2. The SMILES string of the molecule is CC1C(=O)N(CCC(F)(F)F)CC2N(Cc3ccc(OC(F)F)cc3)CCC(=O)N12. The number of halogens is 5. The van der Waals surface area contributed by atoms with Crippen LogP contribution in [-0.2, 0) is 16.1 Å². The van der Waals surface area contributed by atoms with E-state index in [9.17, 15) is 31.5 Å². The molecule has 0 saturated carbocycles. The van der Waals surface area contributed by atoms with E-state index in [1.54, 1.807) is 12.1 Å². The number of alkyl halides is 5. The largest absolute Gasteiger partial charge is 0.435 e. The highest BCUT2D eigenvalue weighted by atomic mass is 19.4. The first kappa shape index (κ1) is 22.3. The Bertz CT molecular complexity index is 772. The molecule has 0 N–H and O–H groups in total. The number of piperazine rings is 1. The number of amides is 2. The monoisotopic (exact) mass is 435 g/mol. The van der Waals surface area contributed by atoms with Gasteiger partial charge in [-0.3, -0.25) is 14.5 Å². The van der Waals surface area contributed by atoms with Crippen molar-refractivity contribution in [1.82, 2.24) is 14.7 Å². The maximum Gasteiger partial charge on any atom is 0.390 e. The van der Waals surface area contributed by atoms with E-state index >= 15 is 0 Å². The van der Waals surface area contributed by atoms with E-state index in [0.29, 0.717) is 13.1 Å². The second kappa shape index (κ2) is 8.75. The Morgan fingerprint density at radius 2 is 1.83 bits per heavy atom. The van der Waals surface area contributed by atoms with Crippen molar-refractivity contribution in [3.8, 4) is 5.75 Å². The van der Waals surface area contributed by atoms with Gasteiger partial charge in [-0.1, -0.05) is 12.1 Å². The zero-order valence-corrected chi connectivity index (χ0v) is 16.2. The van der Waals surface area contributed by atoms with E-state index in [0.717, 1.165) is 10.5 Å². The molecule has 2 atom stereocenters. The van der Waals surface area contributed by atoms with Crippen LogP contribution in [0.3, 0.4) is 0 Å². The molecule has 0 aliphatic carbocycles. The third-order valence-electron chi connectivity index (χ3n) is 5.31. The van der Waals surface area contributed by atoms with Crippen LogP contribution in [0.15, 0.2) is 24.3 Å². The fourth-order valence-corrected chi connectivity index (χ4v) is 3.87. The minimum atomic E-state index is -4.38. The third-order valence-corrected chi connectivity index (χ3v) is 5.31. The molecule has 6 nitrogen and oxygen atoms in total. The van der Waals surface area contributed by atoms with Gasteiger partial charge in [-0.2, -0.15) is 22.0 Å². The van der Waals surface area contributed by atoms with Crippen molar-refractivity contribution in [1.29, 1.82) is 0 Å². The molecule has 2 amide bonds. The maximum absolute atomic E-state index is 12.6. The summed E-state index contributed by atoms with van der Waals surface area (Å²) in [5.41, 5.74) is 0.761. The summed E-state index contributed by atoms with van der Waals surface area (Å²) in [6, 6.07) is 5.16. The van der Waals surface area contributed by atoms with Crippen molar-refractivity contribution in [2.45, 2.75) is 51.3 Å².